The van der Waals surface area contributed by atoms with Crippen molar-refractivity contribution in [3.63, 3.8) is 0 Å². The molecule has 1 unspecified atom stereocenters. The molecule has 0 saturated heterocycles. The SMILES string of the molecule is Cc1nn(-c2ccccc2)c(C)c1C(=O)C(=O)NC(c1ccc(F)cc1)c1nccn1C. The van der Waals surface area contributed by atoms with E-state index in [0.29, 0.717) is 22.8 Å². The molecular formula is C24H22FN5O2. The van der Waals surface area contributed by atoms with Gasteiger partial charge in [-0.1, -0.05) is 30.3 Å². The zero-order valence-corrected chi connectivity index (χ0v) is 17.9. The minimum atomic E-state index is -0.791. The van der Waals surface area contributed by atoms with E-state index in [1.807, 2.05) is 30.3 Å². The molecule has 8 heteroatoms. The number of imidazole rings is 1. The van der Waals surface area contributed by atoms with Crippen molar-refractivity contribution in [1.29, 1.82) is 0 Å². The number of nitrogens with zero attached hydrogens (tertiary/aromatic N) is 4. The molecule has 0 radical (unpaired) electrons. The summed E-state index contributed by atoms with van der Waals surface area (Å²) in [4.78, 5) is 30.5. The van der Waals surface area contributed by atoms with Gasteiger partial charge in [-0.2, -0.15) is 5.10 Å². The lowest BCUT2D eigenvalue weighted by Gasteiger charge is -2.19. The van der Waals surface area contributed by atoms with Crippen LogP contribution in [0.3, 0.4) is 0 Å². The number of nitrogens with one attached hydrogen (secondary N) is 1. The third-order valence-electron chi connectivity index (χ3n) is 5.32. The van der Waals surface area contributed by atoms with Gasteiger partial charge in [-0.25, -0.2) is 14.1 Å². The first-order valence-corrected chi connectivity index (χ1v) is 10.1. The second kappa shape index (κ2) is 8.58. The highest BCUT2D eigenvalue weighted by Gasteiger charge is 2.29. The minimum Gasteiger partial charge on any atom is -0.336 e. The monoisotopic (exact) mass is 431 g/mol. The van der Waals surface area contributed by atoms with Gasteiger partial charge in [-0.15, -0.1) is 0 Å². The molecule has 1 N–H and O–H groups in total. The molecule has 0 spiro atoms. The predicted octanol–water partition coefficient (Wildman–Crippen LogP) is 3.45. The zero-order chi connectivity index (χ0) is 22.8. The Morgan fingerprint density at radius 1 is 1.03 bits per heavy atom. The Morgan fingerprint density at radius 2 is 1.72 bits per heavy atom. The molecule has 1 amide bonds. The average Bonchev–Trinajstić information content (AvgIpc) is 3.35. The minimum absolute atomic E-state index is 0.254. The quantitative estimate of drug-likeness (QED) is 0.375. The van der Waals surface area contributed by atoms with Crippen LogP contribution in [0.5, 0.6) is 0 Å². The van der Waals surface area contributed by atoms with Crippen LogP contribution in [-0.4, -0.2) is 31.0 Å². The number of Topliss-reactive ketones (excluding diaryl/α,β-unsaturated/α-hetero) is 1. The van der Waals surface area contributed by atoms with E-state index in [1.165, 1.54) is 12.1 Å². The number of benzene rings is 2. The Balaban J connectivity index is 1.66. The second-order valence-electron chi connectivity index (χ2n) is 7.48. The van der Waals surface area contributed by atoms with Gasteiger partial charge in [0.15, 0.2) is 0 Å². The molecule has 0 fully saturated rings. The van der Waals surface area contributed by atoms with Gasteiger partial charge in [0.1, 0.15) is 17.7 Å². The molecule has 2 heterocycles. The van der Waals surface area contributed by atoms with Gasteiger partial charge in [-0.05, 0) is 43.7 Å². The van der Waals surface area contributed by atoms with Gasteiger partial charge in [0.25, 0.3) is 11.7 Å². The molecule has 7 nitrogen and oxygen atoms in total. The third-order valence-corrected chi connectivity index (χ3v) is 5.32. The maximum Gasteiger partial charge on any atom is 0.293 e. The Labute approximate surface area is 184 Å². The average molecular weight is 431 g/mol. The summed E-state index contributed by atoms with van der Waals surface area (Å²) < 4.78 is 16.8. The van der Waals surface area contributed by atoms with E-state index in [4.69, 9.17) is 0 Å². The summed E-state index contributed by atoms with van der Waals surface area (Å²) in [7, 11) is 1.78. The summed E-state index contributed by atoms with van der Waals surface area (Å²) in [5, 5.41) is 7.22. The first-order valence-electron chi connectivity index (χ1n) is 10.1. The third kappa shape index (κ3) is 3.94. The van der Waals surface area contributed by atoms with Gasteiger partial charge in [0, 0.05) is 19.4 Å². The van der Waals surface area contributed by atoms with Crippen LogP contribution in [0.4, 0.5) is 4.39 Å². The summed E-state index contributed by atoms with van der Waals surface area (Å²) in [6, 6.07) is 14.4. The largest absolute Gasteiger partial charge is 0.336 e. The lowest BCUT2D eigenvalue weighted by atomic mass is 10.0. The van der Waals surface area contributed by atoms with Crippen LogP contribution in [0.1, 0.15) is 39.2 Å². The Kier molecular flexibility index (Phi) is 5.68. The van der Waals surface area contributed by atoms with Gasteiger partial charge >= 0.3 is 0 Å². The van der Waals surface area contributed by atoms with E-state index in [0.717, 1.165) is 5.69 Å². The summed E-state index contributed by atoms with van der Waals surface area (Å²) in [5.74, 6) is -1.36. The number of carbonyl (C=O) groups is 2. The molecule has 4 aromatic rings. The van der Waals surface area contributed by atoms with Gasteiger partial charge in [0.2, 0.25) is 0 Å². The summed E-state index contributed by atoms with van der Waals surface area (Å²) in [6.07, 6.45) is 3.33. The summed E-state index contributed by atoms with van der Waals surface area (Å²) >= 11 is 0. The van der Waals surface area contributed by atoms with E-state index in [2.05, 4.69) is 15.4 Å². The van der Waals surface area contributed by atoms with E-state index in [1.54, 1.807) is 54.7 Å². The van der Waals surface area contributed by atoms with Crippen LogP contribution in [0.15, 0.2) is 67.0 Å². The maximum atomic E-state index is 13.4. The van der Waals surface area contributed by atoms with Crippen molar-refractivity contribution in [2.75, 3.05) is 0 Å². The normalized spacial score (nSPS) is 11.9. The number of hydrogen-bond donors (Lipinski definition) is 1. The molecule has 4 rings (SSSR count). The topological polar surface area (TPSA) is 81.8 Å². The second-order valence-corrected chi connectivity index (χ2v) is 7.48. The van der Waals surface area contributed by atoms with Gasteiger partial charge in [0.05, 0.1) is 22.6 Å². The number of amides is 1. The molecule has 2 aromatic heterocycles. The number of aryl methyl sites for hydroxylation is 2. The van der Waals surface area contributed by atoms with Crippen molar-refractivity contribution in [2.45, 2.75) is 19.9 Å². The van der Waals surface area contributed by atoms with Crippen molar-refractivity contribution >= 4 is 11.7 Å². The highest BCUT2D eigenvalue weighted by molar-refractivity contribution is 6.43. The molecule has 32 heavy (non-hydrogen) atoms. The van der Waals surface area contributed by atoms with Crippen molar-refractivity contribution in [3.05, 3.63) is 101 Å². The number of ketones is 1. The number of para-hydroxylation sites is 1. The molecule has 0 bridgehead atoms. The Morgan fingerprint density at radius 3 is 2.34 bits per heavy atom. The lowest BCUT2D eigenvalue weighted by molar-refractivity contribution is -0.117. The number of carbonyl (C=O) groups excluding carboxylic acids is 2. The Hall–Kier alpha value is -4.07. The van der Waals surface area contributed by atoms with Crippen molar-refractivity contribution < 1.29 is 14.0 Å². The number of hydrogen-bond acceptors (Lipinski definition) is 4. The highest BCUT2D eigenvalue weighted by atomic mass is 19.1. The van der Waals surface area contributed by atoms with E-state index < -0.39 is 23.5 Å². The van der Waals surface area contributed by atoms with E-state index in [9.17, 15) is 14.0 Å². The fraction of sp³-hybridized carbons (Fsp3) is 0.167. The number of aromatic nitrogens is 4. The van der Waals surface area contributed by atoms with Gasteiger partial charge in [-0.3, -0.25) is 9.59 Å². The number of rotatable bonds is 6. The molecule has 0 aliphatic heterocycles. The standard InChI is InChI=1S/C24H22FN5O2/c1-15-20(16(2)30(28-15)19-7-5-4-6-8-19)22(31)24(32)27-21(23-26-13-14-29(23)3)17-9-11-18(25)12-10-17/h4-14,21H,1-3H3,(H,27,32). The van der Waals surface area contributed by atoms with Gasteiger partial charge < -0.3 is 9.88 Å². The molecule has 0 aliphatic carbocycles. The first-order chi connectivity index (χ1) is 15.4. The van der Waals surface area contributed by atoms with Crippen LogP contribution in [0, 0.1) is 19.7 Å². The van der Waals surface area contributed by atoms with Crippen LogP contribution in [0.25, 0.3) is 5.69 Å². The van der Waals surface area contributed by atoms with Crippen molar-refractivity contribution in [1.82, 2.24) is 24.6 Å². The van der Waals surface area contributed by atoms with Crippen LogP contribution in [-0.2, 0) is 11.8 Å². The molecular weight excluding hydrogens is 409 g/mol. The zero-order valence-electron chi connectivity index (χ0n) is 17.9. The Bertz CT molecular complexity index is 1280. The highest BCUT2D eigenvalue weighted by Crippen LogP contribution is 2.23. The molecule has 0 aliphatic rings. The predicted molar refractivity (Wildman–Crippen MR) is 117 cm³/mol. The fourth-order valence-corrected chi connectivity index (χ4v) is 3.71. The van der Waals surface area contributed by atoms with Crippen LogP contribution < -0.4 is 5.32 Å². The fourth-order valence-electron chi connectivity index (χ4n) is 3.71. The first kappa shape index (κ1) is 21.2. The van der Waals surface area contributed by atoms with Crippen molar-refractivity contribution in [2.24, 2.45) is 7.05 Å². The molecule has 0 saturated carbocycles. The number of halogens is 1. The van der Waals surface area contributed by atoms with E-state index in [-0.39, 0.29) is 5.56 Å². The van der Waals surface area contributed by atoms with Crippen LogP contribution >= 0.6 is 0 Å². The van der Waals surface area contributed by atoms with Crippen LogP contribution in [0.2, 0.25) is 0 Å². The smallest absolute Gasteiger partial charge is 0.293 e. The summed E-state index contributed by atoms with van der Waals surface area (Å²) in [5.41, 5.74) is 2.69. The molecule has 162 valence electrons. The van der Waals surface area contributed by atoms with E-state index >= 15 is 0 Å². The molecule has 1 atom stereocenters. The molecule has 2 aromatic carbocycles. The lowest BCUT2D eigenvalue weighted by Crippen LogP contribution is -2.36. The summed E-state index contributed by atoms with van der Waals surface area (Å²) in [6.45, 7) is 3.45. The maximum absolute atomic E-state index is 13.4. The van der Waals surface area contributed by atoms with Crippen molar-refractivity contribution in [3.8, 4) is 5.69 Å².